The van der Waals surface area contributed by atoms with Gasteiger partial charge in [0.05, 0.1) is 12.2 Å². The van der Waals surface area contributed by atoms with Crippen molar-refractivity contribution in [2.24, 2.45) is 5.92 Å². The molecule has 3 heterocycles. The average molecular weight is 470 g/mol. The van der Waals surface area contributed by atoms with E-state index in [1.54, 1.807) is 12.1 Å². The molecule has 4 rings (SSSR count). The quantitative estimate of drug-likeness (QED) is 0.449. The SMILES string of the molecule is O=C(NC(CSCC1OC2OCCCCCC1C(O)C2O)C(=O)O)OCc1ccccc1. The average Bonchev–Trinajstić information content (AvgIpc) is 2.79. The summed E-state index contributed by atoms with van der Waals surface area (Å²) in [7, 11) is 0. The van der Waals surface area contributed by atoms with Crippen LogP contribution in [-0.2, 0) is 25.6 Å². The Labute approximate surface area is 191 Å². The molecule has 32 heavy (non-hydrogen) atoms. The fourth-order valence-corrected chi connectivity index (χ4v) is 5.04. The highest BCUT2D eigenvalue weighted by atomic mass is 32.2. The first-order valence-electron chi connectivity index (χ1n) is 10.9. The van der Waals surface area contributed by atoms with E-state index in [-0.39, 0.29) is 24.4 Å². The van der Waals surface area contributed by atoms with E-state index in [1.807, 2.05) is 18.2 Å². The number of aliphatic hydroxyl groups excluding tert-OH is 2. The van der Waals surface area contributed by atoms with Gasteiger partial charge in [-0.1, -0.05) is 43.2 Å². The molecule has 4 N–H and O–H groups in total. The third kappa shape index (κ3) is 7.08. The molecule has 3 fully saturated rings. The van der Waals surface area contributed by atoms with Gasteiger partial charge < -0.3 is 34.8 Å². The fraction of sp³-hybridized carbons (Fsp3) is 0.636. The number of hydrogen-bond donors (Lipinski definition) is 4. The Kier molecular flexibility index (Phi) is 9.61. The van der Waals surface area contributed by atoms with Gasteiger partial charge in [-0.15, -0.1) is 0 Å². The Bertz CT molecular complexity index is 734. The van der Waals surface area contributed by atoms with Crippen molar-refractivity contribution >= 4 is 23.8 Å². The van der Waals surface area contributed by atoms with Crippen molar-refractivity contribution in [1.29, 1.82) is 0 Å². The smallest absolute Gasteiger partial charge is 0.408 e. The number of fused-ring (bicyclic) bond motifs is 7. The lowest BCUT2D eigenvalue weighted by Crippen LogP contribution is -2.56. The van der Waals surface area contributed by atoms with Crippen LogP contribution in [0.3, 0.4) is 0 Å². The van der Waals surface area contributed by atoms with Crippen LogP contribution >= 0.6 is 11.8 Å². The number of nitrogens with one attached hydrogen (secondary N) is 1. The van der Waals surface area contributed by atoms with E-state index in [0.29, 0.717) is 18.8 Å². The molecule has 9 nitrogen and oxygen atoms in total. The molecule has 6 atom stereocenters. The molecule has 6 unspecified atom stereocenters. The van der Waals surface area contributed by atoms with Crippen LogP contribution in [0.15, 0.2) is 30.3 Å². The molecule has 178 valence electrons. The van der Waals surface area contributed by atoms with Crippen LogP contribution in [0.2, 0.25) is 0 Å². The number of hydrogen-bond acceptors (Lipinski definition) is 8. The van der Waals surface area contributed by atoms with Gasteiger partial charge in [-0.25, -0.2) is 9.59 Å². The minimum absolute atomic E-state index is 0.0470. The number of rotatable bonds is 8. The van der Waals surface area contributed by atoms with Crippen LogP contribution in [0, 0.1) is 5.92 Å². The van der Waals surface area contributed by atoms with Gasteiger partial charge in [0.2, 0.25) is 0 Å². The van der Waals surface area contributed by atoms with Gasteiger partial charge in [-0.2, -0.15) is 11.8 Å². The number of aliphatic carboxylic acids is 1. The predicted octanol–water partition coefficient (Wildman–Crippen LogP) is 1.75. The van der Waals surface area contributed by atoms with E-state index in [1.165, 1.54) is 11.8 Å². The standard InChI is InChI=1S/C22H31NO8S/c24-18-15-9-5-2-6-10-29-21(19(18)25)31-17(15)13-32-12-16(20(26)27)23-22(28)30-11-14-7-3-1-4-8-14/h1,3-4,7-8,15-19,21,24-25H,2,5-6,9-13H2,(H,23,28)(H,26,27). The first kappa shape index (κ1) is 24.8. The third-order valence-electron chi connectivity index (χ3n) is 5.69. The molecular weight excluding hydrogens is 438 g/mol. The molecule has 2 bridgehead atoms. The van der Waals surface area contributed by atoms with Crippen molar-refractivity contribution in [2.75, 3.05) is 18.1 Å². The second-order valence-corrected chi connectivity index (χ2v) is 9.12. The van der Waals surface area contributed by atoms with Crippen LogP contribution in [0.1, 0.15) is 31.2 Å². The van der Waals surface area contributed by atoms with E-state index in [4.69, 9.17) is 14.2 Å². The number of aliphatic hydroxyl groups is 2. The molecule has 3 aliphatic heterocycles. The van der Waals surface area contributed by atoms with Gasteiger partial charge in [-0.05, 0) is 18.4 Å². The number of benzene rings is 1. The van der Waals surface area contributed by atoms with Crippen molar-refractivity contribution in [3.8, 4) is 0 Å². The summed E-state index contributed by atoms with van der Waals surface area (Å²) in [5.74, 6) is -0.922. The van der Waals surface area contributed by atoms with Gasteiger partial charge in [-0.3, -0.25) is 0 Å². The van der Waals surface area contributed by atoms with Crippen LogP contribution in [0.4, 0.5) is 4.79 Å². The summed E-state index contributed by atoms with van der Waals surface area (Å²) in [6.07, 6.45) is -0.702. The third-order valence-corrected chi connectivity index (χ3v) is 6.82. The maximum Gasteiger partial charge on any atom is 0.408 e. The van der Waals surface area contributed by atoms with Crippen molar-refractivity contribution < 1.29 is 39.1 Å². The van der Waals surface area contributed by atoms with E-state index in [2.05, 4.69) is 5.32 Å². The molecule has 0 radical (unpaired) electrons. The fourth-order valence-electron chi connectivity index (χ4n) is 3.89. The number of ether oxygens (including phenoxy) is 3. The lowest BCUT2D eigenvalue weighted by atomic mass is 9.85. The number of thioether (sulfide) groups is 1. The van der Waals surface area contributed by atoms with Crippen molar-refractivity contribution in [1.82, 2.24) is 5.32 Å². The second-order valence-electron chi connectivity index (χ2n) is 8.04. The topological polar surface area (TPSA) is 135 Å². The van der Waals surface area contributed by atoms with Crippen molar-refractivity contribution in [2.45, 2.75) is 62.9 Å². The number of carbonyl (C=O) groups excluding carboxylic acids is 1. The summed E-state index contributed by atoms with van der Waals surface area (Å²) >= 11 is 1.30. The molecule has 0 aliphatic carbocycles. The first-order chi connectivity index (χ1) is 15.5. The Balaban J connectivity index is 1.49. The van der Waals surface area contributed by atoms with E-state index in [0.717, 1.165) is 24.8 Å². The Morgan fingerprint density at radius 1 is 1.16 bits per heavy atom. The van der Waals surface area contributed by atoms with Crippen LogP contribution in [-0.4, -0.2) is 76.1 Å². The van der Waals surface area contributed by atoms with Crippen molar-refractivity contribution in [3.05, 3.63) is 35.9 Å². The Hall–Kier alpha value is -1.85. The number of alkyl carbamates (subject to hydrolysis) is 1. The van der Waals surface area contributed by atoms with Gasteiger partial charge in [0, 0.05) is 24.0 Å². The summed E-state index contributed by atoms with van der Waals surface area (Å²) in [6, 6.07) is 7.97. The van der Waals surface area contributed by atoms with E-state index >= 15 is 0 Å². The Morgan fingerprint density at radius 2 is 1.94 bits per heavy atom. The summed E-state index contributed by atoms with van der Waals surface area (Å²) in [5.41, 5.74) is 0.801. The zero-order chi connectivity index (χ0) is 22.9. The molecule has 0 saturated carbocycles. The molecular formula is C22H31NO8S. The highest BCUT2D eigenvalue weighted by Crippen LogP contribution is 2.33. The maximum absolute atomic E-state index is 12.0. The molecule has 0 spiro atoms. The Morgan fingerprint density at radius 3 is 2.69 bits per heavy atom. The first-order valence-corrected chi connectivity index (χ1v) is 12.0. The highest BCUT2D eigenvalue weighted by Gasteiger charge is 2.44. The van der Waals surface area contributed by atoms with Gasteiger partial charge >= 0.3 is 12.1 Å². The van der Waals surface area contributed by atoms with Crippen LogP contribution in [0.5, 0.6) is 0 Å². The molecule has 3 aliphatic rings. The summed E-state index contributed by atoms with van der Waals surface area (Å²) in [6.45, 7) is 0.500. The lowest BCUT2D eigenvalue weighted by molar-refractivity contribution is -0.284. The zero-order valence-corrected chi connectivity index (χ0v) is 18.6. The zero-order valence-electron chi connectivity index (χ0n) is 17.8. The molecule has 10 heteroatoms. The monoisotopic (exact) mass is 469 g/mol. The normalized spacial score (nSPS) is 29.1. The molecule has 1 aromatic rings. The van der Waals surface area contributed by atoms with Crippen molar-refractivity contribution in [3.63, 3.8) is 0 Å². The number of carboxylic acid groups (broad SMARTS) is 1. The van der Waals surface area contributed by atoms with Crippen LogP contribution < -0.4 is 5.32 Å². The molecule has 1 aromatic carbocycles. The largest absolute Gasteiger partial charge is 0.480 e. The van der Waals surface area contributed by atoms with E-state index < -0.39 is 36.6 Å². The summed E-state index contributed by atoms with van der Waals surface area (Å²) in [4.78, 5) is 23.6. The van der Waals surface area contributed by atoms with E-state index in [9.17, 15) is 24.9 Å². The number of amides is 1. The highest BCUT2D eigenvalue weighted by molar-refractivity contribution is 7.99. The minimum atomic E-state index is -1.17. The van der Waals surface area contributed by atoms with Gasteiger partial charge in [0.1, 0.15) is 18.8 Å². The molecule has 1 amide bonds. The predicted molar refractivity (Wildman–Crippen MR) is 117 cm³/mol. The lowest BCUT2D eigenvalue weighted by Gasteiger charge is -2.43. The number of carboxylic acids is 1. The summed E-state index contributed by atoms with van der Waals surface area (Å²) < 4.78 is 16.6. The van der Waals surface area contributed by atoms with Gasteiger partial charge in [0.25, 0.3) is 0 Å². The second kappa shape index (κ2) is 12.4. The molecule has 3 saturated heterocycles. The van der Waals surface area contributed by atoms with Gasteiger partial charge in [0.15, 0.2) is 6.29 Å². The molecule has 0 aromatic heterocycles. The summed E-state index contributed by atoms with van der Waals surface area (Å²) in [5, 5.41) is 32.7. The van der Waals surface area contributed by atoms with Crippen LogP contribution in [0.25, 0.3) is 0 Å². The number of carbonyl (C=O) groups is 2. The minimum Gasteiger partial charge on any atom is -0.480 e. The maximum atomic E-state index is 12.0.